The summed E-state index contributed by atoms with van der Waals surface area (Å²) in [6, 6.07) is -1.17. The van der Waals surface area contributed by atoms with Crippen LogP contribution in [0.1, 0.15) is 77.6 Å². The van der Waals surface area contributed by atoms with Crippen LogP contribution >= 0.6 is 0 Å². The molecule has 0 N–H and O–H groups in total. The SMILES string of the molecule is CCCCC/C(=C\C(/C=C/C/C=C\CCCCCC[C]=O)[N+](=O)[O-])[N+](=O)[O-]. The van der Waals surface area contributed by atoms with Crippen molar-refractivity contribution in [2.45, 2.75) is 83.6 Å². The van der Waals surface area contributed by atoms with Gasteiger partial charge in [-0.05, 0) is 38.2 Å². The van der Waals surface area contributed by atoms with E-state index in [0.717, 1.165) is 51.0 Å². The zero-order chi connectivity index (χ0) is 20.3. The molecule has 0 rings (SSSR count). The lowest BCUT2D eigenvalue weighted by Crippen LogP contribution is -2.16. The summed E-state index contributed by atoms with van der Waals surface area (Å²) in [5.41, 5.74) is -0.0856. The molecule has 0 amide bonds. The van der Waals surface area contributed by atoms with E-state index in [1.807, 2.05) is 25.4 Å². The predicted octanol–water partition coefficient (Wildman–Crippen LogP) is 5.33. The van der Waals surface area contributed by atoms with E-state index in [1.165, 1.54) is 6.08 Å². The molecule has 1 unspecified atom stereocenters. The van der Waals surface area contributed by atoms with Gasteiger partial charge in [0.15, 0.2) is 6.29 Å². The molecular formula is C20H31N2O5. The fourth-order valence-corrected chi connectivity index (χ4v) is 2.50. The van der Waals surface area contributed by atoms with Crippen LogP contribution < -0.4 is 0 Å². The molecule has 1 radical (unpaired) electrons. The van der Waals surface area contributed by atoms with Crippen molar-refractivity contribution in [3.05, 3.63) is 56.3 Å². The first-order chi connectivity index (χ1) is 13.0. The molecule has 7 heteroatoms. The van der Waals surface area contributed by atoms with Crippen LogP contribution in [0.3, 0.4) is 0 Å². The maximum Gasteiger partial charge on any atom is 0.256 e. The number of carbonyl (C=O) groups excluding carboxylic acids is 1. The molecule has 1 atom stereocenters. The van der Waals surface area contributed by atoms with Crippen molar-refractivity contribution in [2.24, 2.45) is 0 Å². The summed E-state index contributed by atoms with van der Waals surface area (Å²) in [6.07, 6.45) is 18.8. The van der Waals surface area contributed by atoms with Gasteiger partial charge in [0, 0.05) is 17.8 Å². The van der Waals surface area contributed by atoms with E-state index in [4.69, 9.17) is 0 Å². The van der Waals surface area contributed by atoms with Crippen LogP contribution in [0.5, 0.6) is 0 Å². The Balaban J connectivity index is 4.36. The number of rotatable bonds is 17. The number of nitrogens with zero attached hydrogens (tertiary/aromatic N) is 2. The van der Waals surface area contributed by atoms with Crippen LogP contribution in [0.4, 0.5) is 0 Å². The number of nitro groups is 2. The van der Waals surface area contributed by atoms with Crippen LogP contribution in [0.2, 0.25) is 0 Å². The Morgan fingerprint density at radius 2 is 1.74 bits per heavy atom. The molecule has 0 heterocycles. The van der Waals surface area contributed by atoms with Gasteiger partial charge in [-0.3, -0.25) is 25.0 Å². The Morgan fingerprint density at radius 1 is 1.00 bits per heavy atom. The highest BCUT2D eigenvalue weighted by Crippen LogP contribution is 2.12. The van der Waals surface area contributed by atoms with Crippen molar-refractivity contribution in [1.29, 1.82) is 0 Å². The van der Waals surface area contributed by atoms with Gasteiger partial charge in [-0.25, -0.2) is 0 Å². The van der Waals surface area contributed by atoms with Crippen molar-refractivity contribution in [3.8, 4) is 0 Å². The maximum atomic E-state index is 11.1. The van der Waals surface area contributed by atoms with Gasteiger partial charge in [0.25, 0.3) is 6.04 Å². The summed E-state index contributed by atoms with van der Waals surface area (Å²) < 4.78 is 0. The molecule has 0 fully saturated rings. The molecule has 0 aromatic rings. The van der Waals surface area contributed by atoms with Gasteiger partial charge in [-0.15, -0.1) is 0 Å². The van der Waals surface area contributed by atoms with Gasteiger partial charge in [0.05, 0.1) is 11.0 Å². The third-order valence-corrected chi connectivity index (χ3v) is 4.05. The predicted molar refractivity (Wildman–Crippen MR) is 106 cm³/mol. The molecule has 0 aliphatic heterocycles. The van der Waals surface area contributed by atoms with Crippen LogP contribution in [-0.4, -0.2) is 22.2 Å². The molecule has 0 aliphatic rings. The molecule has 0 saturated heterocycles. The first-order valence-corrected chi connectivity index (χ1v) is 9.68. The molecule has 151 valence electrons. The van der Waals surface area contributed by atoms with Gasteiger partial charge in [-0.2, -0.15) is 0 Å². The number of hydrogen-bond donors (Lipinski definition) is 0. The fraction of sp³-hybridized carbons (Fsp3) is 0.650. The number of unbranched alkanes of at least 4 members (excludes halogenated alkanes) is 7. The third kappa shape index (κ3) is 14.5. The van der Waals surface area contributed by atoms with E-state index in [2.05, 4.69) is 0 Å². The maximum absolute atomic E-state index is 11.1. The van der Waals surface area contributed by atoms with E-state index in [-0.39, 0.29) is 12.1 Å². The second-order valence-electron chi connectivity index (χ2n) is 6.38. The smallest absolute Gasteiger partial charge is 0.256 e. The Kier molecular flexibility index (Phi) is 15.7. The van der Waals surface area contributed by atoms with Crippen molar-refractivity contribution in [3.63, 3.8) is 0 Å². The normalized spacial score (nSPS) is 13.3. The number of allylic oxidation sites excluding steroid dienone is 4. The average molecular weight is 379 g/mol. The van der Waals surface area contributed by atoms with Gasteiger partial charge < -0.3 is 0 Å². The molecule has 27 heavy (non-hydrogen) atoms. The molecular weight excluding hydrogens is 348 g/mol. The van der Waals surface area contributed by atoms with Gasteiger partial charge >= 0.3 is 0 Å². The van der Waals surface area contributed by atoms with Crippen molar-refractivity contribution < 1.29 is 14.6 Å². The van der Waals surface area contributed by atoms with Crippen LogP contribution in [0.15, 0.2) is 36.1 Å². The molecule has 7 nitrogen and oxygen atoms in total. The highest BCUT2D eigenvalue weighted by atomic mass is 16.6. The van der Waals surface area contributed by atoms with Gasteiger partial charge in [0.1, 0.15) is 0 Å². The Bertz CT molecular complexity index is 526. The summed E-state index contributed by atoms with van der Waals surface area (Å²) in [6.45, 7) is 2.00. The monoisotopic (exact) mass is 379 g/mol. The molecule has 0 saturated carbocycles. The molecule has 0 aliphatic carbocycles. The lowest BCUT2D eigenvalue weighted by molar-refractivity contribution is -0.499. The molecule has 0 bridgehead atoms. The van der Waals surface area contributed by atoms with Crippen molar-refractivity contribution in [2.75, 3.05) is 0 Å². The minimum absolute atomic E-state index is 0.0856. The fourth-order valence-electron chi connectivity index (χ4n) is 2.50. The summed E-state index contributed by atoms with van der Waals surface area (Å²) >= 11 is 0. The summed E-state index contributed by atoms with van der Waals surface area (Å²) in [5, 5.41) is 22.2. The van der Waals surface area contributed by atoms with E-state index in [9.17, 15) is 25.0 Å². The zero-order valence-corrected chi connectivity index (χ0v) is 16.2. The molecule has 0 aromatic carbocycles. The molecule has 0 aromatic heterocycles. The minimum Gasteiger partial charge on any atom is -0.291 e. The van der Waals surface area contributed by atoms with Crippen LogP contribution in [0.25, 0.3) is 0 Å². The van der Waals surface area contributed by atoms with E-state index < -0.39 is 15.9 Å². The highest BCUT2D eigenvalue weighted by molar-refractivity contribution is 5.50. The zero-order valence-electron chi connectivity index (χ0n) is 16.2. The summed E-state index contributed by atoms with van der Waals surface area (Å²) in [7, 11) is 0. The first kappa shape index (κ1) is 24.7. The van der Waals surface area contributed by atoms with Gasteiger partial charge in [-0.1, -0.05) is 50.8 Å². The van der Waals surface area contributed by atoms with Crippen LogP contribution in [0, 0.1) is 20.2 Å². The summed E-state index contributed by atoms with van der Waals surface area (Å²) in [4.78, 5) is 31.2. The van der Waals surface area contributed by atoms with Crippen LogP contribution in [-0.2, 0) is 4.79 Å². The topological polar surface area (TPSA) is 103 Å². The highest BCUT2D eigenvalue weighted by Gasteiger charge is 2.20. The second kappa shape index (κ2) is 17.1. The third-order valence-electron chi connectivity index (χ3n) is 4.05. The van der Waals surface area contributed by atoms with E-state index in [1.54, 1.807) is 6.08 Å². The van der Waals surface area contributed by atoms with E-state index >= 15 is 0 Å². The average Bonchev–Trinajstić information content (AvgIpc) is 2.63. The largest absolute Gasteiger partial charge is 0.291 e. The standard InChI is InChI=1S/C20H31N2O5/c1-2-3-12-15-19(21(24)25)18-20(22(26)27)16-13-10-8-6-4-5-7-9-11-14-17-23/h6,8,13,16,18,20H,2-5,7,9-12,14-15H2,1H3/b8-6-,16-13+,19-18+. The Labute approximate surface area is 161 Å². The minimum atomic E-state index is -1.17. The number of hydrogen-bond acceptors (Lipinski definition) is 5. The first-order valence-electron chi connectivity index (χ1n) is 9.68. The Morgan fingerprint density at radius 3 is 2.37 bits per heavy atom. The quantitative estimate of drug-likeness (QED) is 0.147. The summed E-state index contributed by atoms with van der Waals surface area (Å²) in [5.74, 6) is 0. The molecule has 0 spiro atoms. The van der Waals surface area contributed by atoms with Gasteiger partial charge in [0.2, 0.25) is 5.70 Å². The van der Waals surface area contributed by atoms with Crippen molar-refractivity contribution >= 4 is 6.29 Å². The second-order valence-corrected chi connectivity index (χ2v) is 6.38. The lowest BCUT2D eigenvalue weighted by Gasteiger charge is -2.01. The van der Waals surface area contributed by atoms with E-state index in [0.29, 0.717) is 19.3 Å². The van der Waals surface area contributed by atoms with Crippen molar-refractivity contribution in [1.82, 2.24) is 0 Å². The lowest BCUT2D eigenvalue weighted by atomic mass is 10.1. The Hall–Kier alpha value is -2.31.